The van der Waals surface area contributed by atoms with Gasteiger partial charge in [0.25, 0.3) is 0 Å². The smallest absolute Gasteiger partial charge is 0.336 e. The van der Waals surface area contributed by atoms with E-state index in [9.17, 15) is 4.79 Å². The van der Waals surface area contributed by atoms with E-state index in [0.29, 0.717) is 16.0 Å². The molecule has 0 amide bonds. The molecule has 5 heteroatoms. The van der Waals surface area contributed by atoms with Gasteiger partial charge in [-0.3, -0.25) is 4.98 Å². The highest BCUT2D eigenvalue weighted by Gasteiger charge is 2.10. The van der Waals surface area contributed by atoms with E-state index in [-0.39, 0.29) is 5.56 Å². The van der Waals surface area contributed by atoms with Gasteiger partial charge in [-0.1, -0.05) is 0 Å². The van der Waals surface area contributed by atoms with Crippen LogP contribution in [0.4, 0.5) is 0 Å². The van der Waals surface area contributed by atoms with Gasteiger partial charge in [0, 0.05) is 10.7 Å². The van der Waals surface area contributed by atoms with Crippen LogP contribution >= 0.6 is 15.9 Å². The summed E-state index contributed by atoms with van der Waals surface area (Å²) >= 11 is 3.20. The highest BCUT2D eigenvalue weighted by Crippen LogP contribution is 2.28. The molecule has 0 radical (unpaired) electrons. The van der Waals surface area contributed by atoms with E-state index in [1.165, 1.54) is 6.07 Å². The number of pyridine rings is 1. The van der Waals surface area contributed by atoms with Crippen molar-refractivity contribution in [2.75, 3.05) is 0 Å². The van der Waals surface area contributed by atoms with Crippen molar-refractivity contribution in [3.05, 3.63) is 52.3 Å². The average Bonchev–Trinajstić information content (AvgIpc) is 2.32. The summed E-state index contributed by atoms with van der Waals surface area (Å²) in [6.07, 6.45) is 1.69. The molecule has 0 aliphatic heterocycles. The van der Waals surface area contributed by atoms with Crippen molar-refractivity contribution in [3.8, 4) is 11.5 Å². The van der Waals surface area contributed by atoms with Gasteiger partial charge in [0.15, 0.2) is 0 Å². The molecule has 1 N–H and O–H groups in total. The number of benzene rings is 1. The molecular formula is C13H10BrNO3. The summed E-state index contributed by atoms with van der Waals surface area (Å²) in [7, 11) is 0. The van der Waals surface area contributed by atoms with Crippen molar-refractivity contribution >= 4 is 21.9 Å². The summed E-state index contributed by atoms with van der Waals surface area (Å²) in [6, 6.07) is 8.31. The van der Waals surface area contributed by atoms with Crippen molar-refractivity contribution in [2.24, 2.45) is 0 Å². The van der Waals surface area contributed by atoms with Crippen LogP contribution < -0.4 is 4.74 Å². The average molecular weight is 308 g/mol. The van der Waals surface area contributed by atoms with Gasteiger partial charge in [-0.25, -0.2) is 4.79 Å². The number of halogens is 1. The first kappa shape index (κ1) is 12.6. The molecule has 0 saturated heterocycles. The van der Waals surface area contributed by atoms with Crippen LogP contribution in [-0.4, -0.2) is 16.1 Å². The van der Waals surface area contributed by atoms with Crippen LogP contribution in [0.5, 0.6) is 11.5 Å². The largest absolute Gasteiger partial charge is 0.478 e. The third-order valence-corrected chi connectivity index (χ3v) is 3.01. The lowest BCUT2D eigenvalue weighted by molar-refractivity contribution is 0.0696. The van der Waals surface area contributed by atoms with Crippen LogP contribution in [0.3, 0.4) is 0 Å². The van der Waals surface area contributed by atoms with Gasteiger partial charge >= 0.3 is 5.97 Å². The number of carboxylic acid groups (broad SMARTS) is 1. The summed E-state index contributed by atoms with van der Waals surface area (Å²) in [4.78, 5) is 15.0. The Bertz CT molecular complexity index is 599. The predicted octanol–water partition coefficient (Wildman–Crippen LogP) is 3.64. The second-order valence-electron chi connectivity index (χ2n) is 3.64. The van der Waals surface area contributed by atoms with Crippen molar-refractivity contribution in [1.29, 1.82) is 0 Å². The zero-order valence-electron chi connectivity index (χ0n) is 9.55. The van der Waals surface area contributed by atoms with Crippen molar-refractivity contribution < 1.29 is 14.6 Å². The molecule has 0 unspecified atom stereocenters. The minimum Gasteiger partial charge on any atom is -0.478 e. The maximum Gasteiger partial charge on any atom is 0.336 e. The number of aryl methyl sites for hydroxylation is 1. The van der Waals surface area contributed by atoms with E-state index in [0.717, 1.165) is 5.69 Å². The summed E-state index contributed by atoms with van der Waals surface area (Å²) in [6.45, 7) is 1.84. The van der Waals surface area contributed by atoms with Gasteiger partial charge in [0.05, 0.1) is 11.3 Å². The van der Waals surface area contributed by atoms with E-state index < -0.39 is 5.97 Å². The number of ether oxygens (including phenoxy) is 1. The maximum atomic E-state index is 10.9. The Morgan fingerprint density at radius 3 is 2.78 bits per heavy atom. The van der Waals surface area contributed by atoms with Crippen LogP contribution in [0.25, 0.3) is 0 Å². The van der Waals surface area contributed by atoms with Gasteiger partial charge in [-0.15, -0.1) is 0 Å². The first-order chi connectivity index (χ1) is 8.58. The molecule has 0 aliphatic rings. The zero-order valence-corrected chi connectivity index (χ0v) is 11.1. The van der Waals surface area contributed by atoms with Crippen molar-refractivity contribution in [2.45, 2.75) is 6.92 Å². The fourth-order valence-corrected chi connectivity index (χ4v) is 1.96. The van der Waals surface area contributed by atoms with Crippen molar-refractivity contribution in [1.82, 2.24) is 4.98 Å². The van der Waals surface area contributed by atoms with Gasteiger partial charge < -0.3 is 9.84 Å². The van der Waals surface area contributed by atoms with Crippen LogP contribution in [-0.2, 0) is 0 Å². The van der Waals surface area contributed by atoms with E-state index >= 15 is 0 Å². The standard InChI is InChI=1S/C13H10BrNO3/c1-8-12(3-2-6-15-8)18-9-4-5-10(13(16)17)11(14)7-9/h2-7H,1H3,(H,16,17). The van der Waals surface area contributed by atoms with E-state index in [1.807, 2.05) is 6.92 Å². The van der Waals surface area contributed by atoms with Crippen LogP contribution in [0.1, 0.15) is 16.1 Å². The third kappa shape index (κ3) is 2.68. The number of nitrogens with zero attached hydrogens (tertiary/aromatic N) is 1. The molecule has 0 spiro atoms. The lowest BCUT2D eigenvalue weighted by Gasteiger charge is -2.08. The minimum atomic E-state index is -0.981. The second-order valence-corrected chi connectivity index (χ2v) is 4.49. The van der Waals surface area contributed by atoms with Crippen LogP contribution in [0.15, 0.2) is 41.0 Å². The number of aromatic carboxylic acids is 1. The third-order valence-electron chi connectivity index (χ3n) is 2.36. The molecule has 0 saturated carbocycles. The Labute approximate surface area is 112 Å². The first-order valence-electron chi connectivity index (χ1n) is 5.20. The molecule has 0 atom stereocenters. The van der Waals surface area contributed by atoms with Crippen molar-refractivity contribution in [3.63, 3.8) is 0 Å². The lowest BCUT2D eigenvalue weighted by atomic mass is 10.2. The topological polar surface area (TPSA) is 59.4 Å². The molecule has 18 heavy (non-hydrogen) atoms. The fourth-order valence-electron chi connectivity index (χ4n) is 1.44. The number of carboxylic acids is 1. The highest BCUT2D eigenvalue weighted by atomic mass is 79.9. The quantitative estimate of drug-likeness (QED) is 0.940. The highest BCUT2D eigenvalue weighted by molar-refractivity contribution is 9.10. The normalized spacial score (nSPS) is 10.1. The van der Waals surface area contributed by atoms with Gasteiger partial charge in [-0.2, -0.15) is 0 Å². The van der Waals surface area contributed by atoms with Gasteiger partial charge in [0.1, 0.15) is 11.5 Å². The minimum absolute atomic E-state index is 0.199. The summed E-state index contributed by atoms with van der Waals surface area (Å²) in [5.41, 5.74) is 0.973. The molecule has 1 heterocycles. The van der Waals surface area contributed by atoms with E-state index in [2.05, 4.69) is 20.9 Å². The molecule has 1 aromatic heterocycles. The number of aromatic nitrogens is 1. The maximum absolute atomic E-state index is 10.9. The monoisotopic (exact) mass is 307 g/mol. The Hall–Kier alpha value is -1.88. The molecule has 4 nitrogen and oxygen atoms in total. The molecule has 0 fully saturated rings. The van der Waals surface area contributed by atoms with Gasteiger partial charge in [-0.05, 0) is 53.2 Å². The first-order valence-corrected chi connectivity index (χ1v) is 5.99. The zero-order chi connectivity index (χ0) is 13.1. The number of rotatable bonds is 3. The van der Waals surface area contributed by atoms with Crippen LogP contribution in [0, 0.1) is 6.92 Å². The number of carbonyl (C=O) groups is 1. The molecule has 2 rings (SSSR count). The molecular weight excluding hydrogens is 298 g/mol. The molecule has 92 valence electrons. The summed E-state index contributed by atoms with van der Waals surface area (Å²) in [5.74, 6) is 0.224. The Balaban J connectivity index is 2.29. The van der Waals surface area contributed by atoms with E-state index in [1.54, 1.807) is 30.5 Å². The predicted molar refractivity (Wildman–Crippen MR) is 70.1 cm³/mol. The Kier molecular flexibility index (Phi) is 3.62. The Morgan fingerprint density at radius 1 is 1.39 bits per heavy atom. The van der Waals surface area contributed by atoms with Crippen LogP contribution in [0.2, 0.25) is 0 Å². The number of hydrogen-bond donors (Lipinski definition) is 1. The Morgan fingerprint density at radius 2 is 2.17 bits per heavy atom. The van der Waals surface area contributed by atoms with Gasteiger partial charge in [0.2, 0.25) is 0 Å². The molecule has 0 bridgehead atoms. The SMILES string of the molecule is Cc1ncccc1Oc1ccc(C(=O)O)c(Br)c1. The molecule has 1 aromatic carbocycles. The summed E-state index contributed by atoms with van der Waals surface area (Å²) < 4.78 is 6.12. The molecule has 2 aromatic rings. The lowest BCUT2D eigenvalue weighted by Crippen LogP contribution is -1.98. The second kappa shape index (κ2) is 5.18. The summed E-state index contributed by atoms with van der Waals surface area (Å²) in [5, 5.41) is 8.91. The molecule has 0 aliphatic carbocycles. The number of hydrogen-bond acceptors (Lipinski definition) is 3. The fraction of sp³-hybridized carbons (Fsp3) is 0.0769. The van der Waals surface area contributed by atoms with E-state index in [4.69, 9.17) is 9.84 Å².